The number of nitrogens with one attached hydrogen (secondary N) is 1. The molecule has 4 heteroatoms. The van der Waals surface area contributed by atoms with Crippen LogP contribution in [0.4, 0.5) is 4.39 Å². The van der Waals surface area contributed by atoms with Crippen LogP contribution in [0.3, 0.4) is 0 Å². The lowest BCUT2D eigenvalue weighted by Gasteiger charge is -2.14. The minimum atomic E-state index is -0.206. The van der Waals surface area contributed by atoms with E-state index in [0.29, 0.717) is 10.5 Å². The van der Waals surface area contributed by atoms with Gasteiger partial charge in [-0.1, -0.05) is 31.2 Å². The van der Waals surface area contributed by atoms with E-state index in [1.54, 1.807) is 17.8 Å². The smallest absolute Gasteiger partial charge is 0.137 e. The molecule has 1 N–H and O–H groups in total. The Balaban J connectivity index is 2.06. The normalized spacial score (nSPS) is 12.4. The minimum absolute atomic E-state index is 0.206. The molecule has 0 fully saturated rings. The standard InChI is InChI=1S/C17H19BrFNS/c1-3-20-12(2)13-6-4-8-15(10-13)21-11-14-7-5-9-16(19)17(14)18/h4-10,12,20H,3,11H2,1-2H3. The average molecular weight is 368 g/mol. The summed E-state index contributed by atoms with van der Waals surface area (Å²) in [5.41, 5.74) is 2.25. The summed E-state index contributed by atoms with van der Waals surface area (Å²) in [7, 11) is 0. The highest BCUT2D eigenvalue weighted by Gasteiger charge is 2.07. The van der Waals surface area contributed by atoms with E-state index in [9.17, 15) is 4.39 Å². The maximum Gasteiger partial charge on any atom is 0.137 e. The van der Waals surface area contributed by atoms with Crippen LogP contribution in [0.1, 0.15) is 31.0 Å². The minimum Gasteiger partial charge on any atom is -0.310 e. The number of halogens is 2. The fraction of sp³-hybridized carbons (Fsp3) is 0.294. The molecule has 0 heterocycles. The van der Waals surface area contributed by atoms with Gasteiger partial charge in [-0.25, -0.2) is 4.39 Å². The Labute approximate surface area is 138 Å². The van der Waals surface area contributed by atoms with Gasteiger partial charge in [0.15, 0.2) is 0 Å². The second-order valence-corrected chi connectivity index (χ2v) is 6.70. The van der Waals surface area contributed by atoms with Crippen molar-refractivity contribution in [1.29, 1.82) is 0 Å². The summed E-state index contributed by atoms with van der Waals surface area (Å²) in [6, 6.07) is 14.0. The Morgan fingerprint density at radius 3 is 2.76 bits per heavy atom. The third kappa shape index (κ3) is 4.56. The molecule has 0 aliphatic heterocycles. The molecule has 2 aromatic carbocycles. The average Bonchev–Trinajstić information content (AvgIpc) is 2.49. The van der Waals surface area contributed by atoms with Gasteiger partial charge in [-0.2, -0.15) is 0 Å². The molecule has 2 rings (SSSR count). The van der Waals surface area contributed by atoms with Gasteiger partial charge in [0.2, 0.25) is 0 Å². The lowest BCUT2D eigenvalue weighted by atomic mass is 10.1. The van der Waals surface area contributed by atoms with Gasteiger partial charge in [0.1, 0.15) is 5.82 Å². The second-order valence-electron chi connectivity index (χ2n) is 4.85. The first-order valence-corrected chi connectivity index (χ1v) is 8.78. The van der Waals surface area contributed by atoms with E-state index in [0.717, 1.165) is 17.9 Å². The van der Waals surface area contributed by atoms with Crippen molar-refractivity contribution in [3.63, 3.8) is 0 Å². The summed E-state index contributed by atoms with van der Waals surface area (Å²) in [5, 5.41) is 3.41. The van der Waals surface area contributed by atoms with Crippen molar-refractivity contribution in [2.24, 2.45) is 0 Å². The molecule has 0 saturated heterocycles. The maximum atomic E-state index is 13.5. The monoisotopic (exact) mass is 367 g/mol. The highest BCUT2D eigenvalue weighted by Crippen LogP contribution is 2.29. The molecular weight excluding hydrogens is 349 g/mol. The zero-order valence-electron chi connectivity index (χ0n) is 12.2. The number of rotatable bonds is 6. The first-order chi connectivity index (χ1) is 10.1. The van der Waals surface area contributed by atoms with E-state index in [1.165, 1.54) is 16.5 Å². The highest BCUT2D eigenvalue weighted by molar-refractivity contribution is 9.10. The lowest BCUT2D eigenvalue weighted by molar-refractivity contribution is 0.597. The van der Waals surface area contributed by atoms with Crippen molar-refractivity contribution in [2.75, 3.05) is 6.54 Å². The van der Waals surface area contributed by atoms with E-state index in [1.807, 2.05) is 6.07 Å². The molecule has 1 unspecified atom stereocenters. The molecule has 0 aromatic heterocycles. The van der Waals surface area contributed by atoms with E-state index in [-0.39, 0.29) is 5.82 Å². The van der Waals surface area contributed by atoms with E-state index in [2.05, 4.69) is 59.4 Å². The number of thioether (sulfide) groups is 1. The van der Waals surface area contributed by atoms with Crippen molar-refractivity contribution in [1.82, 2.24) is 5.32 Å². The SMILES string of the molecule is CCNC(C)c1cccc(SCc2cccc(F)c2Br)c1. The summed E-state index contributed by atoms with van der Waals surface area (Å²) in [6.45, 7) is 5.22. The first kappa shape index (κ1) is 16.5. The molecule has 0 bridgehead atoms. The zero-order chi connectivity index (χ0) is 15.2. The fourth-order valence-electron chi connectivity index (χ4n) is 2.12. The Morgan fingerprint density at radius 2 is 2.00 bits per heavy atom. The Hall–Kier alpha value is -0.840. The summed E-state index contributed by atoms with van der Waals surface area (Å²) in [5.74, 6) is 0.541. The van der Waals surface area contributed by atoms with Gasteiger partial charge >= 0.3 is 0 Å². The van der Waals surface area contributed by atoms with Crippen LogP contribution in [0.5, 0.6) is 0 Å². The van der Waals surface area contributed by atoms with E-state index >= 15 is 0 Å². The molecular formula is C17H19BrFNS. The third-order valence-electron chi connectivity index (χ3n) is 3.29. The van der Waals surface area contributed by atoms with Gasteiger partial charge in [-0.15, -0.1) is 11.8 Å². The number of benzene rings is 2. The second kappa shape index (κ2) is 7.97. The molecule has 2 aromatic rings. The quantitative estimate of drug-likeness (QED) is 0.671. The molecule has 0 aliphatic rings. The topological polar surface area (TPSA) is 12.0 Å². The van der Waals surface area contributed by atoms with Crippen molar-refractivity contribution in [2.45, 2.75) is 30.5 Å². The zero-order valence-corrected chi connectivity index (χ0v) is 14.6. The predicted octanol–water partition coefficient (Wildman–Crippen LogP) is 5.55. The Kier molecular flexibility index (Phi) is 6.27. The van der Waals surface area contributed by atoms with Crippen LogP contribution in [0.15, 0.2) is 51.8 Å². The maximum absolute atomic E-state index is 13.5. The molecule has 21 heavy (non-hydrogen) atoms. The van der Waals surface area contributed by atoms with Crippen LogP contribution in [0.25, 0.3) is 0 Å². The summed E-state index contributed by atoms with van der Waals surface area (Å²) >= 11 is 5.04. The molecule has 1 nitrogen and oxygen atoms in total. The summed E-state index contributed by atoms with van der Waals surface area (Å²) < 4.78 is 14.1. The van der Waals surface area contributed by atoms with E-state index < -0.39 is 0 Å². The van der Waals surface area contributed by atoms with Crippen LogP contribution in [0.2, 0.25) is 0 Å². The number of hydrogen-bond donors (Lipinski definition) is 1. The van der Waals surface area contributed by atoms with Gasteiger partial charge in [0.25, 0.3) is 0 Å². The van der Waals surface area contributed by atoms with Gasteiger partial charge < -0.3 is 5.32 Å². The van der Waals surface area contributed by atoms with Crippen molar-refractivity contribution >= 4 is 27.7 Å². The predicted molar refractivity (Wildman–Crippen MR) is 92.2 cm³/mol. The van der Waals surface area contributed by atoms with Crippen molar-refractivity contribution in [3.8, 4) is 0 Å². The molecule has 0 saturated carbocycles. The van der Waals surface area contributed by atoms with Crippen LogP contribution in [-0.2, 0) is 5.75 Å². The van der Waals surface area contributed by atoms with Crippen LogP contribution in [0, 0.1) is 5.82 Å². The van der Waals surface area contributed by atoms with Crippen LogP contribution in [-0.4, -0.2) is 6.54 Å². The molecule has 1 atom stereocenters. The fourth-order valence-corrected chi connectivity index (χ4v) is 3.67. The summed E-state index contributed by atoms with van der Waals surface area (Å²) in [6.07, 6.45) is 0. The van der Waals surface area contributed by atoms with Crippen molar-refractivity contribution in [3.05, 3.63) is 63.9 Å². The molecule has 112 valence electrons. The summed E-state index contributed by atoms with van der Waals surface area (Å²) in [4.78, 5) is 1.20. The molecule has 0 radical (unpaired) electrons. The highest BCUT2D eigenvalue weighted by atomic mass is 79.9. The third-order valence-corrected chi connectivity index (χ3v) is 5.22. The van der Waals surface area contributed by atoms with Gasteiger partial charge in [-0.3, -0.25) is 0 Å². The van der Waals surface area contributed by atoms with E-state index in [4.69, 9.17) is 0 Å². The largest absolute Gasteiger partial charge is 0.310 e. The first-order valence-electron chi connectivity index (χ1n) is 7.01. The van der Waals surface area contributed by atoms with Crippen LogP contribution < -0.4 is 5.32 Å². The van der Waals surface area contributed by atoms with Gasteiger partial charge in [-0.05, 0) is 58.7 Å². The lowest BCUT2D eigenvalue weighted by Crippen LogP contribution is -2.17. The molecule has 0 spiro atoms. The van der Waals surface area contributed by atoms with Crippen molar-refractivity contribution < 1.29 is 4.39 Å². The Bertz CT molecular complexity index is 603. The number of hydrogen-bond acceptors (Lipinski definition) is 2. The molecule has 0 aliphatic carbocycles. The Morgan fingerprint density at radius 1 is 1.24 bits per heavy atom. The van der Waals surface area contributed by atoms with Gasteiger partial charge in [0.05, 0.1) is 4.47 Å². The molecule has 0 amide bonds. The van der Waals surface area contributed by atoms with Crippen LogP contribution >= 0.6 is 27.7 Å². The van der Waals surface area contributed by atoms with Gasteiger partial charge in [0, 0.05) is 16.7 Å².